The average Bonchev–Trinajstić information content (AvgIpc) is 2.88. The molecule has 2 heterocycles. The third-order valence-corrected chi connectivity index (χ3v) is 9.19. The summed E-state index contributed by atoms with van der Waals surface area (Å²) >= 11 is 0. The van der Waals surface area contributed by atoms with Crippen LogP contribution in [0.4, 0.5) is 0 Å². The van der Waals surface area contributed by atoms with Crippen LogP contribution in [-0.4, -0.2) is 4.98 Å². The maximum Gasteiger partial charge on any atom is 0.140 e. The van der Waals surface area contributed by atoms with Gasteiger partial charge in [0.25, 0.3) is 0 Å². The van der Waals surface area contributed by atoms with E-state index in [2.05, 4.69) is 96.1 Å². The number of aromatic nitrogens is 1. The van der Waals surface area contributed by atoms with Crippen LogP contribution in [-0.2, 0) is 6.42 Å². The number of pyridine rings is 1. The van der Waals surface area contributed by atoms with Crippen LogP contribution in [0.15, 0.2) is 60.8 Å². The van der Waals surface area contributed by atoms with Crippen molar-refractivity contribution in [2.45, 2.75) is 79.6 Å². The monoisotopic (exact) mass is 513 g/mol. The highest BCUT2D eigenvalue weighted by Gasteiger charge is 2.30. The van der Waals surface area contributed by atoms with Gasteiger partial charge in [0.15, 0.2) is 0 Å². The summed E-state index contributed by atoms with van der Waals surface area (Å²) in [6, 6.07) is 20.7. The Labute approximate surface area is 232 Å². The minimum absolute atomic E-state index is 0.128. The molecule has 39 heavy (non-hydrogen) atoms. The molecule has 1 fully saturated rings. The lowest BCUT2D eigenvalue weighted by atomic mass is 9.71. The lowest BCUT2D eigenvalue weighted by molar-refractivity contribution is 0.224. The van der Waals surface area contributed by atoms with Crippen LogP contribution in [0.1, 0.15) is 82.9 Å². The SMILES string of the molecule is Cc1ccc2c(CC(C)(C)C)c3c(cc2c1)-c1nccc2c1c(cc1cc(C4CCC(C)(C)CC4)ccc12)O3. The summed E-state index contributed by atoms with van der Waals surface area (Å²) in [4.78, 5) is 4.98. The van der Waals surface area contributed by atoms with Crippen molar-refractivity contribution in [1.82, 2.24) is 4.98 Å². The van der Waals surface area contributed by atoms with Gasteiger partial charge in [-0.3, -0.25) is 4.98 Å². The van der Waals surface area contributed by atoms with Gasteiger partial charge in [-0.2, -0.15) is 0 Å². The maximum atomic E-state index is 6.95. The van der Waals surface area contributed by atoms with Crippen molar-refractivity contribution in [1.29, 1.82) is 0 Å². The highest BCUT2D eigenvalue weighted by molar-refractivity contribution is 6.16. The van der Waals surface area contributed by atoms with Gasteiger partial charge in [0.1, 0.15) is 11.5 Å². The molecule has 0 atom stereocenters. The predicted molar refractivity (Wildman–Crippen MR) is 165 cm³/mol. The van der Waals surface area contributed by atoms with Crippen molar-refractivity contribution in [3.63, 3.8) is 0 Å². The van der Waals surface area contributed by atoms with Gasteiger partial charge in [-0.25, -0.2) is 0 Å². The van der Waals surface area contributed by atoms with Crippen LogP contribution >= 0.6 is 0 Å². The predicted octanol–water partition coefficient (Wildman–Crippen LogP) is 10.9. The van der Waals surface area contributed by atoms with Gasteiger partial charge >= 0.3 is 0 Å². The van der Waals surface area contributed by atoms with Gasteiger partial charge in [0.2, 0.25) is 0 Å². The van der Waals surface area contributed by atoms with E-state index in [4.69, 9.17) is 9.72 Å². The van der Waals surface area contributed by atoms with E-state index in [9.17, 15) is 0 Å². The minimum Gasteiger partial charge on any atom is -0.456 e. The Bertz CT molecular complexity index is 1780. The van der Waals surface area contributed by atoms with Crippen LogP contribution in [0.2, 0.25) is 0 Å². The number of rotatable bonds is 2. The summed E-state index contributed by atoms with van der Waals surface area (Å²) in [5, 5.41) is 7.48. The molecule has 0 radical (unpaired) electrons. The number of nitrogens with zero attached hydrogens (tertiary/aromatic N) is 1. The van der Waals surface area contributed by atoms with Gasteiger partial charge in [0.05, 0.1) is 11.1 Å². The molecular weight excluding hydrogens is 474 g/mol. The molecule has 7 rings (SSSR count). The van der Waals surface area contributed by atoms with Gasteiger partial charge in [-0.1, -0.05) is 76.6 Å². The van der Waals surface area contributed by atoms with E-state index >= 15 is 0 Å². The Morgan fingerprint density at radius 3 is 2.38 bits per heavy atom. The average molecular weight is 514 g/mol. The number of fused-ring (bicyclic) bond motifs is 5. The highest BCUT2D eigenvalue weighted by Crippen LogP contribution is 2.52. The molecule has 5 aromatic rings. The lowest BCUT2D eigenvalue weighted by Crippen LogP contribution is -2.20. The summed E-state index contributed by atoms with van der Waals surface area (Å²) in [5.74, 6) is 2.58. The first-order valence-corrected chi connectivity index (χ1v) is 14.7. The van der Waals surface area contributed by atoms with Crippen LogP contribution in [0.5, 0.6) is 11.5 Å². The first-order chi connectivity index (χ1) is 18.6. The topological polar surface area (TPSA) is 22.1 Å². The van der Waals surface area contributed by atoms with Crippen LogP contribution in [0.3, 0.4) is 0 Å². The summed E-state index contributed by atoms with van der Waals surface area (Å²) in [6.45, 7) is 13.9. The van der Waals surface area contributed by atoms with E-state index in [1.54, 1.807) is 0 Å². The molecule has 0 unspecified atom stereocenters. The lowest BCUT2D eigenvalue weighted by Gasteiger charge is -2.34. The fraction of sp³-hybridized carbons (Fsp3) is 0.378. The quantitative estimate of drug-likeness (QED) is 0.215. The first kappa shape index (κ1) is 24.6. The van der Waals surface area contributed by atoms with E-state index in [-0.39, 0.29) is 5.41 Å². The van der Waals surface area contributed by atoms with Crippen LogP contribution in [0, 0.1) is 17.8 Å². The Kier molecular flexibility index (Phi) is 5.40. The maximum absolute atomic E-state index is 6.95. The van der Waals surface area contributed by atoms with E-state index < -0.39 is 0 Å². The zero-order chi connectivity index (χ0) is 27.1. The Hall–Kier alpha value is -3.39. The summed E-state index contributed by atoms with van der Waals surface area (Å²) in [5.41, 5.74) is 6.81. The molecule has 1 aliphatic heterocycles. The second kappa shape index (κ2) is 8.55. The van der Waals surface area contributed by atoms with Gasteiger partial charge < -0.3 is 4.74 Å². The van der Waals surface area contributed by atoms with Gasteiger partial charge in [-0.05, 0) is 106 Å². The van der Waals surface area contributed by atoms with Crippen molar-refractivity contribution in [2.75, 3.05) is 0 Å². The molecular formula is C37H39NO. The van der Waals surface area contributed by atoms with Crippen LogP contribution < -0.4 is 4.74 Å². The minimum atomic E-state index is 0.128. The highest BCUT2D eigenvalue weighted by atomic mass is 16.5. The van der Waals surface area contributed by atoms with Crippen molar-refractivity contribution in [3.05, 3.63) is 77.5 Å². The molecule has 2 nitrogen and oxygen atoms in total. The van der Waals surface area contributed by atoms with E-state index in [0.717, 1.165) is 34.6 Å². The van der Waals surface area contributed by atoms with Crippen LogP contribution in [0.25, 0.3) is 43.6 Å². The fourth-order valence-corrected chi connectivity index (χ4v) is 7.06. The molecule has 2 heteroatoms. The smallest absolute Gasteiger partial charge is 0.140 e. The molecule has 198 valence electrons. The van der Waals surface area contributed by atoms with Crippen molar-refractivity contribution in [2.24, 2.45) is 10.8 Å². The van der Waals surface area contributed by atoms with Gasteiger partial charge in [-0.15, -0.1) is 0 Å². The molecule has 4 aromatic carbocycles. The normalized spacial score (nSPS) is 17.0. The zero-order valence-electron chi connectivity index (χ0n) is 24.2. The molecule has 0 amide bonds. The second-order valence-electron chi connectivity index (χ2n) is 14.2. The first-order valence-electron chi connectivity index (χ1n) is 14.7. The second-order valence-corrected chi connectivity index (χ2v) is 14.2. The van der Waals surface area contributed by atoms with Crippen molar-refractivity contribution >= 4 is 32.3 Å². The molecule has 0 bridgehead atoms. The third kappa shape index (κ3) is 4.20. The van der Waals surface area contributed by atoms with E-state index in [1.807, 2.05) is 6.20 Å². The molecule has 0 saturated heterocycles. The van der Waals surface area contributed by atoms with Gasteiger partial charge in [0, 0.05) is 17.3 Å². The van der Waals surface area contributed by atoms with E-state index in [0.29, 0.717) is 11.3 Å². The van der Waals surface area contributed by atoms with Crippen molar-refractivity contribution in [3.8, 4) is 22.8 Å². The Balaban J connectivity index is 1.44. The largest absolute Gasteiger partial charge is 0.456 e. The molecule has 0 spiro atoms. The molecule has 2 aliphatic rings. The third-order valence-electron chi connectivity index (χ3n) is 9.19. The summed E-state index contributed by atoms with van der Waals surface area (Å²) < 4.78 is 6.95. The molecule has 1 aliphatic carbocycles. The molecule has 0 N–H and O–H groups in total. The molecule has 1 aromatic heterocycles. The number of benzene rings is 4. The standard InChI is InChI=1S/C37H39NO/c1-22-7-9-28-25(17-22)19-30-34-33-29(13-16-38-34)27-10-8-24(23-11-14-37(5,6)15-12-23)18-26(27)20-32(33)39-35(30)31(28)21-36(2,3)4/h7-10,13,16-20,23H,11-12,14-15,21H2,1-6H3. The number of aryl methyl sites for hydroxylation is 1. The number of ether oxygens (including phenoxy) is 1. The Morgan fingerprint density at radius 1 is 0.872 bits per heavy atom. The zero-order valence-corrected chi connectivity index (χ0v) is 24.2. The number of hydrogen-bond acceptors (Lipinski definition) is 2. The summed E-state index contributed by atoms with van der Waals surface area (Å²) in [6.07, 6.45) is 8.09. The number of hydrogen-bond donors (Lipinski definition) is 0. The fourth-order valence-electron chi connectivity index (χ4n) is 7.06. The van der Waals surface area contributed by atoms with E-state index in [1.165, 1.54) is 69.3 Å². The summed E-state index contributed by atoms with van der Waals surface area (Å²) in [7, 11) is 0. The Morgan fingerprint density at radius 2 is 1.62 bits per heavy atom. The van der Waals surface area contributed by atoms with Crippen molar-refractivity contribution < 1.29 is 4.74 Å². The molecule has 1 saturated carbocycles.